The first kappa shape index (κ1) is 36.2. The van der Waals surface area contributed by atoms with Crippen molar-refractivity contribution in [2.45, 2.75) is 90.9 Å². The number of rotatable bonds is 14. The molecule has 0 atom stereocenters. The van der Waals surface area contributed by atoms with Gasteiger partial charge in [-0.15, -0.1) is 0 Å². The van der Waals surface area contributed by atoms with Crippen LogP contribution in [0.5, 0.6) is 0 Å². The molecule has 0 amide bonds. The first-order valence-electron chi connectivity index (χ1n) is 9.14. The Labute approximate surface area is 220 Å². The summed E-state index contributed by atoms with van der Waals surface area (Å²) in [5.74, 6) is 0. The second kappa shape index (κ2) is 24.1. The van der Waals surface area contributed by atoms with Gasteiger partial charge in [0, 0.05) is 0 Å². The van der Waals surface area contributed by atoms with Gasteiger partial charge < -0.3 is 28.7 Å². The molecule has 0 aromatic rings. The van der Waals surface area contributed by atoms with Crippen LogP contribution in [-0.2, 0) is 9.13 Å². The van der Waals surface area contributed by atoms with E-state index in [1.165, 1.54) is 25.7 Å². The minimum absolute atomic E-state index is 0. The summed E-state index contributed by atoms with van der Waals surface area (Å²) in [5.41, 5.74) is 0. The van der Waals surface area contributed by atoms with Crippen LogP contribution in [-0.4, -0.2) is 87.8 Å². The molecule has 10 heteroatoms. The molecule has 0 unspecified atom stereocenters. The third-order valence-electron chi connectivity index (χ3n) is 3.57. The first-order valence-corrected chi connectivity index (χ1v) is 12.6. The quantitative estimate of drug-likeness (QED) is 0.219. The van der Waals surface area contributed by atoms with E-state index in [1.807, 2.05) is 0 Å². The average Bonchev–Trinajstić information content (AvgIpc) is 2.45. The Kier molecular flexibility index (Phi) is 33.6. The van der Waals surface area contributed by atoms with Gasteiger partial charge in [-0.05, 0) is 25.2 Å². The number of hydrogen-bond donors (Lipinski definition) is 0. The Balaban J connectivity index is -0.000000173. The van der Waals surface area contributed by atoms with Gasteiger partial charge in [0.15, 0.2) is 0 Å². The smallest absolute Gasteiger partial charge is 0.811 e. The third kappa shape index (κ3) is 41.2. The van der Waals surface area contributed by atoms with Gasteiger partial charge in [-0.3, -0.25) is 0 Å². The van der Waals surface area contributed by atoms with Crippen LogP contribution in [0.15, 0.2) is 0 Å². The molecule has 0 N–H and O–H groups in total. The van der Waals surface area contributed by atoms with Crippen molar-refractivity contribution in [3.05, 3.63) is 0 Å². The SMILES string of the molecule is CCCCCCCCP(=O)([O-])[O-].CCCCCCCCP(=O)([O-])[O-].[Ca+2].[Ca+2]. The molecule has 0 bridgehead atoms. The summed E-state index contributed by atoms with van der Waals surface area (Å²) in [5, 5.41) is 0. The minimum atomic E-state index is -4.22. The molecule has 0 saturated carbocycles. The standard InChI is InChI=1S/2C8H19O3P.2Ca/c2*1-2-3-4-5-6-7-8-12(9,10)11;;/h2*2-8H2,1H3,(H2,9,10,11);;/q;;2*+2/p-4. The largest absolute Gasteiger partial charge is 2.00 e. The molecule has 0 aromatic carbocycles. The van der Waals surface area contributed by atoms with E-state index in [4.69, 9.17) is 0 Å². The average molecular weight is 465 g/mol. The Morgan fingerprint density at radius 2 is 0.731 bits per heavy atom. The molecule has 6 nitrogen and oxygen atoms in total. The maximum Gasteiger partial charge on any atom is 2.00 e. The molecule has 0 fully saturated rings. The van der Waals surface area contributed by atoms with E-state index in [1.54, 1.807) is 0 Å². The molecule has 0 radical (unpaired) electrons. The molecule has 0 spiro atoms. The second-order valence-electron chi connectivity index (χ2n) is 6.20. The molecule has 26 heavy (non-hydrogen) atoms. The van der Waals surface area contributed by atoms with Gasteiger partial charge in [0.2, 0.25) is 0 Å². The van der Waals surface area contributed by atoms with Crippen molar-refractivity contribution in [3.63, 3.8) is 0 Å². The van der Waals surface area contributed by atoms with E-state index < -0.39 is 15.2 Å². The molecule has 0 aliphatic carbocycles. The molecular formula is C16H34Ca2O6P2. The summed E-state index contributed by atoms with van der Waals surface area (Å²) >= 11 is 0. The van der Waals surface area contributed by atoms with Gasteiger partial charge in [-0.2, -0.15) is 0 Å². The zero-order chi connectivity index (χ0) is 18.9. The minimum Gasteiger partial charge on any atom is -0.811 e. The van der Waals surface area contributed by atoms with Crippen LogP contribution >= 0.6 is 15.2 Å². The van der Waals surface area contributed by atoms with Gasteiger partial charge >= 0.3 is 75.5 Å². The van der Waals surface area contributed by atoms with E-state index in [-0.39, 0.29) is 87.8 Å². The predicted octanol–water partition coefficient (Wildman–Crippen LogP) is 1.76. The van der Waals surface area contributed by atoms with Crippen LogP contribution in [0, 0.1) is 0 Å². The van der Waals surface area contributed by atoms with Crippen LogP contribution < -0.4 is 19.6 Å². The van der Waals surface area contributed by atoms with Crippen molar-refractivity contribution < 1.29 is 28.7 Å². The number of unbranched alkanes of at least 4 members (excludes halogenated alkanes) is 10. The van der Waals surface area contributed by atoms with E-state index in [0.717, 1.165) is 38.5 Å². The molecule has 0 aromatic heterocycles. The topological polar surface area (TPSA) is 126 Å². The summed E-state index contributed by atoms with van der Waals surface area (Å²) in [4.78, 5) is 40.8. The third-order valence-corrected chi connectivity index (χ3v) is 5.30. The van der Waals surface area contributed by atoms with E-state index >= 15 is 0 Å². The van der Waals surface area contributed by atoms with Crippen molar-refractivity contribution in [2.24, 2.45) is 0 Å². The van der Waals surface area contributed by atoms with Gasteiger partial charge in [-0.25, -0.2) is 0 Å². The maximum atomic E-state index is 10.2. The summed E-state index contributed by atoms with van der Waals surface area (Å²) in [6, 6.07) is 0. The second-order valence-corrected chi connectivity index (χ2v) is 9.54. The molecular weight excluding hydrogens is 430 g/mol. The Hall–Kier alpha value is 2.82. The fraction of sp³-hybridized carbons (Fsp3) is 1.00. The maximum absolute atomic E-state index is 10.2. The van der Waals surface area contributed by atoms with E-state index in [0.29, 0.717) is 12.8 Å². The first-order chi connectivity index (χ1) is 11.1. The summed E-state index contributed by atoms with van der Waals surface area (Å²) < 4.78 is 20.4. The Morgan fingerprint density at radius 3 is 0.962 bits per heavy atom. The fourth-order valence-corrected chi connectivity index (χ4v) is 3.39. The predicted molar refractivity (Wildman–Crippen MR) is 103 cm³/mol. The van der Waals surface area contributed by atoms with Crippen molar-refractivity contribution in [2.75, 3.05) is 12.3 Å². The normalized spacial score (nSPS) is 11.0. The molecule has 0 saturated heterocycles. The summed E-state index contributed by atoms with van der Waals surface area (Å²) in [6.07, 6.45) is 11.6. The van der Waals surface area contributed by atoms with Crippen molar-refractivity contribution in [1.82, 2.24) is 0 Å². The zero-order valence-electron chi connectivity index (χ0n) is 16.7. The van der Waals surface area contributed by atoms with Crippen LogP contribution in [0.1, 0.15) is 90.9 Å². The summed E-state index contributed by atoms with van der Waals surface area (Å²) in [7, 11) is -8.44. The van der Waals surface area contributed by atoms with Gasteiger partial charge in [0.1, 0.15) is 0 Å². The Bertz CT molecular complexity index is 327. The van der Waals surface area contributed by atoms with Gasteiger partial charge in [0.05, 0.1) is 0 Å². The zero-order valence-corrected chi connectivity index (χ0v) is 22.9. The van der Waals surface area contributed by atoms with Gasteiger partial charge in [0.25, 0.3) is 0 Å². The van der Waals surface area contributed by atoms with E-state index in [2.05, 4.69) is 13.8 Å². The van der Waals surface area contributed by atoms with Crippen LogP contribution in [0.4, 0.5) is 0 Å². The van der Waals surface area contributed by atoms with Gasteiger partial charge in [-0.1, -0.05) is 93.2 Å². The molecule has 0 rings (SSSR count). The van der Waals surface area contributed by atoms with Crippen LogP contribution in [0.2, 0.25) is 0 Å². The van der Waals surface area contributed by atoms with Crippen molar-refractivity contribution in [3.8, 4) is 0 Å². The molecule has 0 heterocycles. The summed E-state index contributed by atoms with van der Waals surface area (Å²) in [6.45, 7) is 4.26. The Morgan fingerprint density at radius 1 is 0.500 bits per heavy atom. The molecule has 0 aliphatic rings. The van der Waals surface area contributed by atoms with Crippen LogP contribution in [0.3, 0.4) is 0 Å². The van der Waals surface area contributed by atoms with Crippen molar-refractivity contribution in [1.29, 1.82) is 0 Å². The molecule has 0 aliphatic heterocycles. The molecule has 148 valence electrons. The van der Waals surface area contributed by atoms with Crippen molar-refractivity contribution >= 4 is 90.7 Å². The monoisotopic (exact) mass is 464 g/mol. The van der Waals surface area contributed by atoms with Crippen LogP contribution in [0.25, 0.3) is 0 Å². The van der Waals surface area contributed by atoms with E-state index in [9.17, 15) is 28.7 Å². The fourth-order valence-electron chi connectivity index (χ4n) is 2.17. The number of hydrogen-bond acceptors (Lipinski definition) is 6.